The van der Waals surface area contributed by atoms with Crippen LogP contribution in [-0.2, 0) is 14.2 Å². The molecule has 6 nitrogen and oxygen atoms in total. The van der Waals surface area contributed by atoms with Gasteiger partial charge >= 0.3 is 0 Å². The van der Waals surface area contributed by atoms with Crippen LogP contribution in [0.5, 0.6) is 0 Å². The summed E-state index contributed by atoms with van der Waals surface area (Å²) in [6.45, 7) is 11.2. The number of hydrogen-bond acceptors (Lipinski definition) is 6. The Hall–Kier alpha value is -1.26. The first-order chi connectivity index (χ1) is 12.8. The van der Waals surface area contributed by atoms with E-state index in [1.807, 2.05) is 7.05 Å². The molecule has 0 aliphatic carbocycles. The molecule has 0 spiro atoms. The maximum atomic E-state index is 6.09. The summed E-state index contributed by atoms with van der Waals surface area (Å²) in [4.78, 5) is 0. The molecule has 0 fully saturated rings. The Labute approximate surface area is 160 Å². The molecule has 0 saturated heterocycles. The standard InChI is InChI=1S/C20H39N3O3/c1-5-19(25-16-9-13-22-6-2)20(26-17-10-14-23-7-3)11-18-24-15-8-12-21-4/h3,6,19-23H,2,5,8-18H2,1,4H3. The molecule has 0 amide bonds. The third-order valence-electron chi connectivity index (χ3n) is 3.90. The zero-order valence-electron chi connectivity index (χ0n) is 16.7. The summed E-state index contributed by atoms with van der Waals surface area (Å²) >= 11 is 0. The van der Waals surface area contributed by atoms with Gasteiger partial charge in [-0.3, -0.25) is 0 Å². The van der Waals surface area contributed by atoms with E-state index >= 15 is 0 Å². The molecule has 0 saturated carbocycles. The Morgan fingerprint density at radius 3 is 2.35 bits per heavy atom. The molecule has 2 atom stereocenters. The van der Waals surface area contributed by atoms with Gasteiger partial charge in [-0.1, -0.05) is 19.9 Å². The van der Waals surface area contributed by atoms with Gasteiger partial charge in [-0.05, 0) is 51.9 Å². The second-order valence-corrected chi connectivity index (χ2v) is 6.02. The molecule has 0 radical (unpaired) electrons. The second-order valence-electron chi connectivity index (χ2n) is 6.02. The summed E-state index contributed by atoms with van der Waals surface area (Å²) in [6, 6.07) is 2.42. The van der Waals surface area contributed by atoms with Crippen molar-refractivity contribution in [1.82, 2.24) is 16.0 Å². The highest BCUT2D eigenvalue weighted by Gasteiger charge is 2.21. The molecule has 0 aliphatic rings. The number of terminal acetylenes is 1. The molecule has 2 unspecified atom stereocenters. The van der Waals surface area contributed by atoms with Crippen molar-refractivity contribution in [1.29, 1.82) is 0 Å². The van der Waals surface area contributed by atoms with Gasteiger partial charge < -0.3 is 30.2 Å². The smallest absolute Gasteiger partial charge is 0.0858 e. The quantitative estimate of drug-likeness (QED) is 0.173. The lowest BCUT2D eigenvalue weighted by molar-refractivity contribution is -0.0860. The lowest BCUT2D eigenvalue weighted by Gasteiger charge is -2.27. The lowest BCUT2D eigenvalue weighted by Crippen LogP contribution is -2.34. The van der Waals surface area contributed by atoms with Gasteiger partial charge in [-0.2, -0.15) is 0 Å². The van der Waals surface area contributed by atoms with E-state index < -0.39 is 0 Å². The van der Waals surface area contributed by atoms with Crippen molar-refractivity contribution < 1.29 is 14.2 Å². The van der Waals surface area contributed by atoms with Crippen LogP contribution in [0.2, 0.25) is 0 Å². The van der Waals surface area contributed by atoms with Crippen molar-refractivity contribution in [2.45, 2.75) is 51.2 Å². The van der Waals surface area contributed by atoms with Crippen molar-refractivity contribution in [3.05, 3.63) is 12.8 Å². The lowest BCUT2D eigenvalue weighted by atomic mass is 10.1. The van der Waals surface area contributed by atoms with E-state index in [0.29, 0.717) is 19.8 Å². The maximum absolute atomic E-state index is 6.09. The third-order valence-corrected chi connectivity index (χ3v) is 3.90. The first-order valence-corrected chi connectivity index (χ1v) is 9.78. The SMILES string of the molecule is C#CNCCCOC(CCOCCCNC)C(CC)OCCCNC=C. The van der Waals surface area contributed by atoms with Crippen LogP contribution in [0.4, 0.5) is 0 Å². The summed E-state index contributed by atoms with van der Waals surface area (Å²) in [7, 11) is 1.95. The number of nitrogens with one attached hydrogen (secondary N) is 3. The fourth-order valence-corrected chi connectivity index (χ4v) is 2.50. The van der Waals surface area contributed by atoms with E-state index in [-0.39, 0.29) is 12.2 Å². The molecule has 26 heavy (non-hydrogen) atoms. The molecule has 152 valence electrons. The second kappa shape index (κ2) is 20.1. The van der Waals surface area contributed by atoms with Crippen LogP contribution in [0.25, 0.3) is 0 Å². The Balaban J connectivity index is 4.22. The fourth-order valence-electron chi connectivity index (χ4n) is 2.50. The summed E-state index contributed by atoms with van der Waals surface area (Å²) < 4.78 is 17.9. The van der Waals surface area contributed by atoms with Gasteiger partial charge in [0.15, 0.2) is 0 Å². The summed E-state index contributed by atoms with van der Waals surface area (Å²) in [5, 5.41) is 9.07. The molecule has 0 aromatic carbocycles. The number of ether oxygens (including phenoxy) is 3. The normalized spacial score (nSPS) is 13.0. The summed E-state index contributed by atoms with van der Waals surface area (Å²) in [5.41, 5.74) is 0. The van der Waals surface area contributed by atoms with E-state index in [0.717, 1.165) is 58.3 Å². The van der Waals surface area contributed by atoms with Crippen LogP contribution in [0.1, 0.15) is 39.0 Å². The summed E-state index contributed by atoms with van der Waals surface area (Å²) in [5.74, 6) is 0. The predicted octanol–water partition coefficient (Wildman–Crippen LogP) is 1.88. The van der Waals surface area contributed by atoms with Crippen molar-refractivity contribution in [2.75, 3.05) is 53.1 Å². The highest BCUT2D eigenvalue weighted by atomic mass is 16.5. The number of rotatable bonds is 20. The van der Waals surface area contributed by atoms with Crippen molar-refractivity contribution in [3.8, 4) is 12.5 Å². The third kappa shape index (κ3) is 15.0. The minimum Gasteiger partial charge on any atom is -0.391 e. The van der Waals surface area contributed by atoms with Crippen LogP contribution in [0.15, 0.2) is 12.8 Å². The zero-order chi connectivity index (χ0) is 19.3. The van der Waals surface area contributed by atoms with E-state index in [1.54, 1.807) is 6.20 Å². The largest absolute Gasteiger partial charge is 0.391 e. The van der Waals surface area contributed by atoms with Gasteiger partial charge in [0.1, 0.15) is 0 Å². The van der Waals surface area contributed by atoms with Crippen LogP contribution in [0, 0.1) is 12.5 Å². The van der Waals surface area contributed by atoms with Gasteiger partial charge in [-0.15, -0.1) is 0 Å². The van der Waals surface area contributed by atoms with Crippen LogP contribution < -0.4 is 16.0 Å². The molecular formula is C20H39N3O3. The van der Waals surface area contributed by atoms with Gasteiger partial charge in [0.05, 0.1) is 12.2 Å². The van der Waals surface area contributed by atoms with E-state index in [1.165, 1.54) is 0 Å². The fraction of sp³-hybridized carbons (Fsp3) is 0.800. The van der Waals surface area contributed by atoms with Crippen molar-refractivity contribution >= 4 is 0 Å². The molecule has 0 aromatic heterocycles. The van der Waals surface area contributed by atoms with Gasteiger partial charge in [0.25, 0.3) is 0 Å². The average Bonchev–Trinajstić information content (AvgIpc) is 2.66. The van der Waals surface area contributed by atoms with Gasteiger partial charge in [-0.25, -0.2) is 0 Å². The maximum Gasteiger partial charge on any atom is 0.0858 e. The average molecular weight is 370 g/mol. The van der Waals surface area contributed by atoms with Crippen molar-refractivity contribution in [2.24, 2.45) is 0 Å². The molecule has 0 aliphatic heterocycles. The van der Waals surface area contributed by atoms with Gasteiger partial charge in [0, 0.05) is 45.6 Å². The van der Waals surface area contributed by atoms with E-state index in [2.05, 4.69) is 35.5 Å². The zero-order valence-corrected chi connectivity index (χ0v) is 16.7. The Kier molecular flexibility index (Phi) is 19.1. The van der Waals surface area contributed by atoms with Crippen LogP contribution >= 0.6 is 0 Å². The minimum absolute atomic E-state index is 0.0440. The minimum atomic E-state index is 0.0440. The van der Waals surface area contributed by atoms with Crippen LogP contribution in [-0.4, -0.2) is 65.3 Å². The van der Waals surface area contributed by atoms with Crippen LogP contribution in [0.3, 0.4) is 0 Å². The molecule has 6 heteroatoms. The Bertz CT molecular complexity index is 348. The topological polar surface area (TPSA) is 63.8 Å². The first kappa shape index (κ1) is 24.7. The van der Waals surface area contributed by atoms with E-state index in [9.17, 15) is 0 Å². The molecular weight excluding hydrogens is 330 g/mol. The van der Waals surface area contributed by atoms with Gasteiger partial charge in [0.2, 0.25) is 0 Å². The highest BCUT2D eigenvalue weighted by molar-refractivity contribution is 4.79. The highest BCUT2D eigenvalue weighted by Crippen LogP contribution is 2.14. The molecule has 0 rings (SSSR count). The molecule has 0 aromatic rings. The predicted molar refractivity (Wildman–Crippen MR) is 108 cm³/mol. The monoisotopic (exact) mass is 369 g/mol. The van der Waals surface area contributed by atoms with E-state index in [4.69, 9.17) is 20.6 Å². The molecule has 0 bridgehead atoms. The van der Waals surface area contributed by atoms with Crippen molar-refractivity contribution in [3.63, 3.8) is 0 Å². The summed E-state index contributed by atoms with van der Waals surface area (Å²) in [6.07, 6.45) is 11.6. The Morgan fingerprint density at radius 2 is 1.69 bits per heavy atom. The number of hydrogen-bond donors (Lipinski definition) is 3. The first-order valence-electron chi connectivity index (χ1n) is 9.78. The molecule has 0 heterocycles. The molecule has 3 N–H and O–H groups in total. The Morgan fingerprint density at radius 1 is 1.00 bits per heavy atom.